The molecule has 2 aromatic carbocycles. The second kappa shape index (κ2) is 11.0. The second-order valence-corrected chi connectivity index (χ2v) is 11.2. The topological polar surface area (TPSA) is 181 Å². The van der Waals surface area contributed by atoms with Crippen LogP contribution >= 0.6 is 0 Å². The monoisotopic (exact) mass is 499 g/mol. The predicted molar refractivity (Wildman–Crippen MR) is 116 cm³/mol. The lowest BCUT2D eigenvalue weighted by Crippen LogP contribution is -2.20. The van der Waals surface area contributed by atoms with E-state index in [1.165, 1.54) is 48.5 Å². The van der Waals surface area contributed by atoms with Crippen molar-refractivity contribution in [1.82, 2.24) is 0 Å². The van der Waals surface area contributed by atoms with Crippen molar-refractivity contribution >= 4 is 37.0 Å². The molecule has 0 atom stereocenters. The van der Waals surface area contributed by atoms with Gasteiger partial charge in [-0.05, 0) is 11.1 Å². The maximum absolute atomic E-state index is 12.1. The highest BCUT2D eigenvalue weighted by molar-refractivity contribution is 7.91. The van der Waals surface area contributed by atoms with E-state index in [0.29, 0.717) is 11.1 Å². The Bertz CT molecular complexity index is 1220. The van der Waals surface area contributed by atoms with Gasteiger partial charge in [-0.25, -0.2) is 16.8 Å². The van der Waals surface area contributed by atoms with Crippen LogP contribution in [0.15, 0.2) is 48.5 Å². The Morgan fingerprint density at radius 1 is 0.788 bits per heavy atom. The largest absolute Gasteiger partial charge is 0.464 e. The molecule has 0 N–H and O–H groups in total. The SMILES string of the molecule is O=C([CH]CS(=O)(=O)Cc1ccc([N+](=O)[O-])cc1)OCCS(=O)(=O)Cc1ccc([N+](=O)[O-])cc1. The first-order chi connectivity index (χ1) is 15.4. The zero-order valence-electron chi connectivity index (χ0n) is 17.0. The van der Waals surface area contributed by atoms with Gasteiger partial charge in [0.05, 0.1) is 39.3 Å². The van der Waals surface area contributed by atoms with Gasteiger partial charge >= 0.3 is 5.97 Å². The van der Waals surface area contributed by atoms with Gasteiger partial charge in [0.2, 0.25) is 0 Å². The van der Waals surface area contributed by atoms with Gasteiger partial charge in [-0.15, -0.1) is 0 Å². The van der Waals surface area contributed by atoms with Crippen molar-refractivity contribution in [3.05, 3.63) is 86.3 Å². The Balaban J connectivity index is 1.77. The Labute approximate surface area is 189 Å². The number of nitro groups is 2. The number of nitro benzene ring substituents is 2. The number of carbonyl (C=O) groups excluding carboxylic acids is 1. The number of nitrogens with zero attached hydrogens (tertiary/aromatic N) is 2. The van der Waals surface area contributed by atoms with E-state index in [-0.39, 0.29) is 11.4 Å². The first-order valence-corrected chi connectivity index (χ1v) is 12.9. The van der Waals surface area contributed by atoms with Gasteiger partial charge in [0.1, 0.15) is 6.61 Å². The summed E-state index contributed by atoms with van der Waals surface area (Å²) in [5, 5.41) is 21.2. The molecule has 0 aliphatic heterocycles. The first kappa shape index (κ1) is 25.9. The maximum atomic E-state index is 12.1. The standard InChI is InChI=1S/C19H19N2O10S2/c22-19(9-11-32(27,28)13-15-1-5-17(6-2-15)20(23)24)31-10-12-33(29,30)14-16-3-7-18(8-4-16)21(25)26/h1-9H,10-14H2. The molecule has 0 saturated carbocycles. The summed E-state index contributed by atoms with van der Waals surface area (Å²) >= 11 is 0. The fourth-order valence-corrected chi connectivity index (χ4v) is 4.98. The lowest BCUT2D eigenvalue weighted by Gasteiger charge is -2.07. The van der Waals surface area contributed by atoms with E-state index in [0.717, 1.165) is 6.42 Å². The third kappa shape index (κ3) is 8.94. The first-order valence-electron chi connectivity index (χ1n) is 9.24. The fourth-order valence-electron chi connectivity index (χ4n) is 2.59. The van der Waals surface area contributed by atoms with E-state index < -0.39 is 65.1 Å². The summed E-state index contributed by atoms with van der Waals surface area (Å²) in [7, 11) is -7.44. The molecule has 0 aliphatic rings. The van der Waals surface area contributed by atoms with Crippen LogP contribution in [-0.4, -0.2) is 50.8 Å². The summed E-state index contributed by atoms with van der Waals surface area (Å²) in [4.78, 5) is 31.7. The summed E-state index contributed by atoms with van der Waals surface area (Å²) in [6, 6.07) is 9.90. The van der Waals surface area contributed by atoms with Crippen LogP contribution < -0.4 is 0 Å². The summed E-state index contributed by atoms with van der Waals surface area (Å²) in [6.07, 6.45) is 0.768. The molecule has 0 heterocycles. The molecule has 0 aromatic heterocycles. The molecule has 1 radical (unpaired) electrons. The number of ether oxygens (including phenoxy) is 1. The molecule has 0 aliphatic carbocycles. The third-order valence-electron chi connectivity index (χ3n) is 4.21. The van der Waals surface area contributed by atoms with E-state index >= 15 is 0 Å². The predicted octanol–water partition coefficient (Wildman–Crippen LogP) is 1.78. The highest BCUT2D eigenvalue weighted by Gasteiger charge is 2.18. The van der Waals surface area contributed by atoms with Gasteiger partial charge in [0.25, 0.3) is 11.4 Å². The third-order valence-corrected chi connectivity index (χ3v) is 7.22. The quantitative estimate of drug-likeness (QED) is 0.237. The summed E-state index contributed by atoms with van der Waals surface area (Å²) in [5.41, 5.74) is 0.273. The molecule has 177 valence electrons. The smallest absolute Gasteiger partial charge is 0.310 e. The van der Waals surface area contributed by atoms with Gasteiger partial charge in [-0.2, -0.15) is 0 Å². The van der Waals surface area contributed by atoms with Crippen LogP contribution in [0.4, 0.5) is 11.4 Å². The molecule has 0 saturated heterocycles. The highest BCUT2D eigenvalue weighted by Crippen LogP contribution is 2.16. The van der Waals surface area contributed by atoms with Crippen LogP contribution in [0.3, 0.4) is 0 Å². The number of sulfone groups is 2. The minimum atomic E-state index is -3.76. The molecular formula is C19H19N2O10S2. The molecular weight excluding hydrogens is 480 g/mol. The van der Waals surface area contributed by atoms with Crippen molar-refractivity contribution in [2.24, 2.45) is 0 Å². The van der Waals surface area contributed by atoms with Gasteiger partial charge in [0.15, 0.2) is 19.7 Å². The Morgan fingerprint density at radius 2 is 1.21 bits per heavy atom. The molecule has 0 amide bonds. The maximum Gasteiger partial charge on any atom is 0.310 e. The van der Waals surface area contributed by atoms with Crippen molar-refractivity contribution in [3.63, 3.8) is 0 Å². The van der Waals surface area contributed by atoms with Crippen molar-refractivity contribution in [2.75, 3.05) is 18.1 Å². The van der Waals surface area contributed by atoms with E-state index in [2.05, 4.69) is 0 Å². The van der Waals surface area contributed by atoms with Crippen molar-refractivity contribution in [1.29, 1.82) is 0 Å². The minimum Gasteiger partial charge on any atom is -0.464 e. The second-order valence-electron chi connectivity index (χ2n) is 6.87. The summed E-state index contributed by atoms with van der Waals surface area (Å²) in [5.74, 6) is -3.03. The zero-order chi connectivity index (χ0) is 24.6. The van der Waals surface area contributed by atoms with E-state index in [1.54, 1.807) is 0 Å². The lowest BCUT2D eigenvalue weighted by atomic mass is 10.2. The number of hydrogen-bond donors (Lipinski definition) is 0. The molecule has 14 heteroatoms. The van der Waals surface area contributed by atoms with Crippen LogP contribution in [0.5, 0.6) is 0 Å². The average Bonchev–Trinajstić information content (AvgIpc) is 2.72. The van der Waals surface area contributed by atoms with Gasteiger partial charge < -0.3 is 4.74 Å². The summed E-state index contributed by atoms with van der Waals surface area (Å²) < 4.78 is 53.2. The van der Waals surface area contributed by atoms with E-state index in [4.69, 9.17) is 4.74 Å². The number of hydrogen-bond acceptors (Lipinski definition) is 10. The van der Waals surface area contributed by atoms with Crippen LogP contribution in [0, 0.1) is 26.6 Å². The Kier molecular flexibility index (Phi) is 8.59. The average molecular weight is 499 g/mol. The highest BCUT2D eigenvalue weighted by atomic mass is 32.2. The van der Waals surface area contributed by atoms with Gasteiger partial charge in [-0.3, -0.25) is 25.0 Å². The van der Waals surface area contributed by atoms with E-state index in [1.807, 2.05) is 0 Å². The number of non-ortho nitro benzene ring substituents is 2. The van der Waals surface area contributed by atoms with Crippen molar-refractivity contribution < 1.29 is 36.2 Å². The lowest BCUT2D eigenvalue weighted by molar-refractivity contribution is -0.385. The van der Waals surface area contributed by atoms with Crippen LogP contribution in [0.2, 0.25) is 0 Å². The molecule has 0 fully saturated rings. The molecule has 0 unspecified atom stereocenters. The Hall–Kier alpha value is -3.39. The molecule has 0 bridgehead atoms. The molecule has 2 rings (SSSR count). The number of rotatable bonds is 12. The van der Waals surface area contributed by atoms with Gasteiger partial charge in [0, 0.05) is 24.3 Å². The van der Waals surface area contributed by atoms with Crippen LogP contribution in [0.25, 0.3) is 0 Å². The molecule has 2 aromatic rings. The molecule has 33 heavy (non-hydrogen) atoms. The number of esters is 1. The van der Waals surface area contributed by atoms with E-state index in [9.17, 15) is 41.9 Å². The minimum absolute atomic E-state index is 0.177. The molecule has 0 spiro atoms. The van der Waals surface area contributed by atoms with Crippen molar-refractivity contribution in [2.45, 2.75) is 11.5 Å². The van der Waals surface area contributed by atoms with Crippen LogP contribution in [-0.2, 0) is 40.7 Å². The zero-order valence-corrected chi connectivity index (χ0v) is 18.7. The number of benzene rings is 2. The Morgan fingerprint density at radius 3 is 1.64 bits per heavy atom. The van der Waals surface area contributed by atoms with Gasteiger partial charge in [-0.1, -0.05) is 24.3 Å². The van der Waals surface area contributed by atoms with Crippen molar-refractivity contribution in [3.8, 4) is 0 Å². The fraction of sp³-hybridized carbons (Fsp3) is 0.263. The summed E-state index contributed by atoms with van der Waals surface area (Å²) in [6.45, 7) is -0.493. The number of carbonyl (C=O) groups is 1. The molecule has 12 nitrogen and oxygen atoms in total. The normalized spacial score (nSPS) is 11.6. The van der Waals surface area contributed by atoms with Crippen LogP contribution in [0.1, 0.15) is 11.1 Å².